The van der Waals surface area contributed by atoms with Gasteiger partial charge in [-0.25, -0.2) is 0 Å². The fraction of sp³-hybridized carbons (Fsp3) is 0.364. The topological polar surface area (TPSA) is 32.6 Å². The molecule has 70 valence electrons. The van der Waals surface area contributed by atoms with Crippen LogP contribution >= 0.6 is 0 Å². The lowest BCUT2D eigenvalue weighted by Gasteiger charge is -1.93. The molecule has 2 heteroatoms. The third-order valence-corrected chi connectivity index (χ3v) is 1.77. The second-order valence-electron chi connectivity index (χ2n) is 2.98. The van der Waals surface area contributed by atoms with E-state index in [9.17, 15) is 0 Å². The van der Waals surface area contributed by atoms with E-state index in [2.05, 4.69) is 11.9 Å². The molecular weight excluding hydrogens is 162 g/mol. The van der Waals surface area contributed by atoms with E-state index in [4.69, 9.17) is 5.11 Å². The Morgan fingerprint density at radius 3 is 2.62 bits per heavy atom. The summed E-state index contributed by atoms with van der Waals surface area (Å²) < 4.78 is 0. The fourth-order valence-corrected chi connectivity index (χ4v) is 0.980. The number of benzene rings is 1. The molecule has 1 N–H and O–H groups in total. The number of rotatable bonds is 4. The van der Waals surface area contributed by atoms with Crippen LogP contribution < -0.4 is 0 Å². The lowest BCUT2D eigenvalue weighted by molar-refractivity contribution is 0.475. The normalized spacial score (nSPS) is 10.8. The van der Waals surface area contributed by atoms with Gasteiger partial charge in [-0.3, -0.25) is 4.99 Å². The Labute approximate surface area is 78.9 Å². The summed E-state index contributed by atoms with van der Waals surface area (Å²) in [5, 5.41) is 9.02. The van der Waals surface area contributed by atoms with Crippen molar-refractivity contribution in [2.45, 2.75) is 19.8 Å². The molecule has 1 aromatic carbocycles. The van der Waals surface area contributed by atoms with Crippen LogP contribution in [0.25, 0.3) is 0 Å². The minimum atomic E-state index is 0.297. The molecule has 0 unspecified atom stereocenters. The zero-order valence-corrected chi connectivity index (χ0v) is 7.90. The first-order chi connectivity index (χ1) is 6.33. The maximum Gasteiger partial charge on any atom is 0.115 e. The quantitative estimate of drug-likeness (QED) is 0.556. The van der Waals surface area contributed by atoms with Crippen molar-refractivity contribution in [1.29, 1.82) is 0 Å². The standard InChI is InChI=1S/C11H15NO/c1-2-3-8-12-9-10-4-6-11(13)7-5-10/h4-7,9,13H,2-3,8H2,1H3. The van der Waals surface area contributed by atoms with Crippen molar-refractivity contribution >= 4 is 6.21 Å². The molecule has 0 aliphatic heterocycles. The molecule has 0 aliphatic carbocycles. The first kappa shape index (κ1) is 9.78. The molecule has 0 bridgehead atoms. The van der Waals surface area contributed by atoms with Crippen molar-refractivity contribution in [3.8, 4) is 5.75 Å². The molecule has 2 nitrogen and oxygen atoms in total. The van der Waals surface area contributed by atoms with Gasteiger partial charge in [0.2, 0.25) is 0 Å². The Balaban J connectivity index is 2.44. The van der Waals surface area contributed by atoms with Crippen LogP contribution in [0.1, 0.15) is 25.3 Å². The van der Waals surface area contributed by atoms with Crippen LogP contribution in [0.2, 0.25) is 0 Å². The Bertz CT molecular complexity index is 264. The number of hydrogen-bond donors (Lipinski definition) is 1. The molecule has 1 rings (SSSR count). The minimum Gasteiger partial charge on any atom is -0.508 e. The van der Waals surface area contributed by atoms with E-state index in [1.165, 1.54) is 6.42 Å². The first-order valence-electron chi connectivity index (χ1n) is 4.62. The van der Waals surface area contributed by atoms with Gasteiger partial charge in [-0.05, 0) is 36.2 Å². The second-order valence-corrected chi connectivity index (χ2v) is 2.98. The summed E-state index contributed by atoms with van der Waals surface area (Å²) in [6, 6.07) is 7.04. The molecule has 13 heavy (non-hydrogen) atoms. The van der Waals surface area contributed by atoms with Gasteiger partial charge in [0.15, 0.2) is 0 Å². The molecule has 0 aromatic heterocycles. The lowest BCUT2D eigenvalue weighted by atomic mass is 10.2. The highest BCUT2D eigenvalue weighted by Gasteiger charge is 1.87. The summed E-state index contributed by atoms with van der Waals surface area (Å²) in [5.41, 5.74) is 1.04. The van der Waals surface area contributed by atoms with E-state index in [1.807, 2.05) is 18.3 Å². The highest BCUT2D eigenvalue weighted by Crippen LogP contribution is 2.07. The summed E-state index contributed by atoms with van der Waals surface area (Å²) in [5.74, 6) is 0.297. The number of aromatic hydroxyl groups is 1. The summed E-state index contributed by atoms with van der Waals surface area (Å²) in [4.78, 5) is 4.25. The maximum absolute atomic E-state index is 9.02. The summed E-state index contributed by atoms with van der Waals surface area (Å²) >= 11 is 0. The van der Waals surface area contributed by atoms with Crippen LogP contribution in [-0.4, -0.2) is 17.9 Å². The van der Waals surface area contributed by atoms with Crippen LogP contribution in [0.5, 0.6) is 5.75 Å². The van der Waals surface area contributed by atoms with Gasteiger partial charge in [0.05, 0.1) is 0 Å². The van der Waals surface area contributed by atoms with Crippen molar-refractivity contribution in [1.82, 2.24) is 0 Å². The zero-order chi connectivity index (χ0) is 9.52. The zero-order valence-electron chi connectivity index (χ0n) is 7.90. The molecule has 0 fully saturated rings. The van der Waals surface area contributed by atoms with Gasteiger partial charge < -0.3 is 5.11 Å². The van der Waals surface area contributed by atoms with E-state index >= 15 is 0 Å². The Morgan fingerprint density at radius 1 is 1.31 bits per heavy atom. The third kappa shape index (κ3) is 3.74. The smallest absolute Gasteiger partial charge is 0.115 e. The number of nitrogens with zero attached hydrogens (tertiary/aromatic N) is 1. The van der Waals surface area contributed by atoms with Crippen LogP contribution in [0.4, 0.5) is 0 Å². The predicted octanol–water partition coefficient (Wildman–Crippen LogP) is 2.61. The van der Waals surface area contributed by atoms with E-state index in [0.29, 0.717) is 5.75 Å². The molecule has 0 saturated carbocycles. The third-order valence-electron chi connectivity index (χ3n) is 1.77. The summed E-state index contributed by atoms with van der Waals surface area (Å²) in [7, 11) is 0. The van der Waals surface area contributed by atoms with Crippen molar-refractivity contribution in [2.24, 2.45) is 4.99 Å². The summed E-state index contributed by atoms with van der Waals surface area (Å²) in [6.07, 6.45) is 4.15. The van der Waals surface area contributed by atoms with Gasteiger partial charge >= 0.3 is 0 Å². The predicted molar refractivity (Wildman–Crippen MR) is 55.5 cm³/mol. The number of aliphatic imine (C=N–C) groups is 1. The largest absolute Gasteiger partial charge is 0.508 e. The monoisotopic (exact) mass is 177 g/mol. The van der Waals surface area contributed by atoms with Gasteiger partial charge in [0, 0.05) is 12.8 Å². The first-order valence-corrected chi connectivity index (χ1v) is 4.62. The Morgan fingerprint density at radius 2 is 2.00 bits per heavy atom. The van der Waals surface area contributed by atoms with Gasteiger partial charge in [-0.2, -0.15) is 0 Å². The van der Waals surface area contributed by atoms with Crippen LogP contribution in [0, 0.1) is 0 Å². The number of hydrogen-bond acceptors (Lipinski definition) is 2. The fourth-order valence-electron chi connectivity index (χ4n) is 0.980. The van der Waals surface area contributed by atoms with Gasteiger partial charge in [0.25, 0.3) is 0 Å². The van der Waals surface area contributed by atoms with E-state index in [0.717, 1.165) is 18.5 Å². The van der Waals surface area contributed by atoms with E-state index in [-0.39, 0.29) is 0 Å². The molecule has 1 aromatic rings. The molecular formula is C11H15NO. The highest BCUT2D eigenvalue weighted by atomic mass is 16.3. The van der Waals surface area contributed by atoms with E-state index < -0.39 is 0 Å². The van der Waals surface area contributed by atoms with Gasteiger partial charge in [-0.15, -0.1) is 0 Å². The van der Waals surface area contributed by atoms with Crippen LogP contribution in [0.3, 0.4) is 0 Å². The average Bonchev–Trinajstić information content (AvgIpc) is 2.15. The number of phenolic OH excluding ortho intramolecular Hbond substituents is 1. The van der Waals surface area contributed by atoms with Crippen molar-refractivity contribution in [2.75, 3.05) is 6.54 Å². The van der Waals surface area contributed by atoms with Crippen LogP contribution in [-0.2, 0) is 0 Å². The highest BCUT2D eigenvalue weighted by molar-refractivity contribution is 5.79. The number of unbranched alkanes of at least 4 members (excludes halogenated alkanes) is 1. The maximum atomic E-state index is 9.02. The second kappa shape index (κ2) is 5.36. The molecule has 0 amide bonds. The molecule has 0 aliphatic rings. The molecule has 0 atom stereocenters. The van der Waals surface area contributed by atoms with E-state index in [1.54, 1.807) is 12.1 Å². The molecule has 0 radical (unpaired) electrons. The minimum absolute atomic E-state index is 0.297. The molecule has 0 heterocycles. The number of phenols is 1. The SMILES string of the molecule is CCCCN=Cc1ccc(O)cc1. The van der Waals surface area contributed by atoms with Crippen molar-refractivity contribution in [3.05, 3.63) is 29.8 Å². The van der Waals surface area contributed by atoms with Crippen molar-refractivity contribution in [3.63, 3.8) is 0 Å². The Hall–Kier alpha value is -1.31. The Kier molecular flexibility index (Phi) is 4.03. The van der Waals surface area contributed by atoms with Gasteiger partial charge in [0.1, 0.15) is 5.75 Å². The van der Waals surface area contributed by atoms with Crippen LogP contribution in [0.15, 0.2) is 29.3 Å². The van der Waals surface area contributed by atoms with Gasteiger partial charge in [-0.1, -0.05) is 13.3 Å². The lowest BCUT2D eigenvalue weighted by Crippen LogP contribution is -1.83. The average molecular weight is 177 g/mol. The summed E-state index contributed by atoms with van der Waals surface area (Å²) in [6.45, 7) is 3.04. The molecule has 0 spiro atoms. The molecule has 0 saturated heterocycles. The van der Waals surface area contributed by atoms with Crippen molar-refractivity contribution < 1.29 is 5.11 Å².